The minimum absolute atomic E-state index is 0.322. The van der Waals surface area contributed by atoms with E-state index < -0.39 is 17.8 Å². The smallest absolute Gasteiger partial charge is 0.399 e. The number of alkyl halides is 3. The summed E-state index contributed by atoms with van der Waals surface area (Å²) in [4.78, 5) is 0.441. The first-order valence-electron chi connectivity index (χ1n) is 4.48. The zero-order valence-electron chi connectivity index (χ0n) is 8.46. The van der Waals surface area contributed by atoms with Crippen molar-refractivity contribution in [1.29, 1.82) is 5.26 Å². The Bertz CT molecular complexity index is 442. The number of halogens is 4. The molecule has 0 aromatic heterocycles. The van der Waals surface area contributed by atoms with Gasteiger partial charge in [-0.05, 0) is 18.2 Å². The van der Waals surface area contributed by atoms with Crippen LogP contribution in [0.2, 0.25) is 5.02 Å². The lowest BCUT2D eigenvalue weighted by Gasteiger charge is -2.13. The Labute approximate surface area is 106 Å². The predicted octanol–water partition coefficient (Wildman–Crippen LogP) is 3.72. The van der Waals surface area contributed by atoms with E-state index in [4.69, 9.17) is 22.6 Å². The molecule has 0 saturated carbocycles. The molecule has 17 heavy (non-hydrogen) atoms. The van der Waals surface area contributed by atoms with Crippen LogP contribution in [0, 0.1) is 17.2 Å². The summed E-state index contributed by atoms with van der Waals surface area (Å²) in [6.45, 7) is 0. The Morgan fingerprint density at radius 2 is 2.12 bits per heavy atom. The van der Waals surface area contributed by atoms with Crippen molar-refractivity contribution in [2.24, 2.45) is 5.92 Å². The molecular formula is C10H8ClF3N2S. The van der Waals surface area contributed by atoms with E-state index in [1.807, 2.05) is 0 Å². The highest BCUT2D eigenvalue weighted by Crippen LogP contribution is 2.34. The number of nitrogen functional groups attached to an aromatic ring is 1. The highest BCUT2D eigenvalue weighted by atomic mass is 35.5. The molecule has 0 amide bonds. The third-order valence-electron chi connectivity index (χ3n) is 1.91. The number of anilines is 1. The Kier molecular flexibility index (Phi) is 4.54. The summed E-state index contributed by atoms with van der Waals surface area (Å²) in [6, 6.07) is 5.77. The number of nitriles is 1. The monoisotopic (exact) mass is 280 g/mol. The summed E-state index contributed by atoms with van der Waals surface area (Å²) >= 11 is 6.66. The zero-order valence-corrected chi connectivity index (χ0v) is 10.0. The van der Waals surface area contributed by atoms with E-state index in [1.54, 1.807) is 6.07 Å². The van der Waals surface area contributed by atoms with Crippen LogP contribution < -0.4 is 5.73 Å². The predicted molar refractivity (Wildman–Crippen MR) is 61.7 cm³/mol. The van der Waals surface area contributed by atoms with E-state index in [1.165, 1.54) is 18.2 Å². The first kappa shape index (κ1) is 14.0. The van der Waals surface area contributed by atoms with E-state index in [0.717, 1.165) is 11.8 Å². The van der Waals surface area contributed by atoms with E-state index in [0.29, 0.717) is 15.6 Å². The third-order valence-corrected chi connectivity index (χ3v) is 3.50. The molecule has 0 fully saturated rings. The molecule has 0 aliphatic carbocycles. The second-order valence-electron chi connectivity index (χ2n) is 3.22. The fraction of sp³-hybridized carbons (Fsp3) is 0.300. The van der Waals surface area contributed by atoms with Gasteiger partial charge in [0.25, 0.3) is 0 Å². The Morgan fingerprint density at radius 3 is 2.65 bits per heavy atom. The molecule has 0 aliphatic heterocycles. The number of rotatable bonds is 3. The molecule has 1 atom stereocenters. The van der Waals surface area contributed by atoms with E-state index in [-0.39, 0.29) is 0 Å². The molecule has 0 saturated heterocycles. The van der Waals surface area contributed by atoms with Crippen LogP contribution in [0.5, 0.6) is 0 Å². The summed E-state index contributed by atoms with van der Waals surface area (Å²) in [5.74, 6) is -2.41. The first-order valence-corrected chi connectivity index (χ1v) is 5.85. The van der Waals surface area contributed by atoms with E-state index in [9.17, 15) is 13.2 Å². The molecule has 7 heteroatoms. The molecule has 2 nitrogen and oxygen atoms in total. The van der Waals surface area contributed by atoms with Gasteiger partial charge in [-0.2, -0.15) is 18.4 Å². The summed E-state index contributed by atoms with van der Waals surface area (Å²) in [6.07, 6.45) is -4.52. The lowest BCUT2D eigenvalue weighted by Crippen LogP contribution is -2.23. The van der Waals surface area contributed by atoms with Crippen molar-refractivity contribution in [3.63, 3.8) is 0 Å². The maximum atomic E-state index is 12.3. The number of nitrogens with two attached hydrogens (primary N) is 1. The van der Waals surface area contributed by atoms with Crippen molar-refractivity contribution >= 4 is 29.1 Å². The van der Waals surface area contributed by atoms with Crippen LogP contribution >= 0.6 is 23.4 Å². The summed E-state index contributed by atoms with van der Waals surface area (Å²) < 4.78 is 36.9. The van der Waals surface area contributed by atoms with Gasteiger partial charge < -0.3 is 5.73 Å². The summed E-state index contributed by atoms with van der Waals surface area (Å²) in [5.41, 5.74) is 5.91. The van der Waals surface area contributed by atoms with E-state index in [2.05, 4.69) is 0 Å². The molecule has 92 valence electrons. The lowest BCUT2D eigenvalue weighted by atomic mass is 10.2. The standard InChI is InChI=1S/C10H8ClF3N2S/c11-8-2-1-7(16)3-9(8)17-5-6(4-15)10(12,13)14/h1-3,6H,5,16H2. The third kappa shape index (κ3) is 4.02. The topological polar surface area (TPSA) is 49.8 Å². The normalized spacial score (nSPS) is 13.1. The number of thioether (sulfide) groups is 1. The van der Waals surface area contributed by atoms with Crippen molar-refractivity contribution in [3.8, 4) is 6.07 Å². The van der Waals surface area contributed by atoms with Gasteiger partial charge in [-0.1, -0.05) is 11.6 Å². The van der Waals surface area contributed by atoms with E-state index >= 15 is 0 Å². The van der Waals surface area contributed by atoms with Crippen molar-refractivity contribution in [2.75, 3.05) is 11.5 Å². The first-order chi connectivity index (χ1) is 7.84. The largest absolute Gasteiger partial charge is 0.405 e. The Morgan fingerprint density at radius 1 is 1.47 bits per heavy atom. The van der Waals surface area contributed by atoms with Gasteiger partial charge in [0.2, 0.25) is 0 Å². The van der Waals surface area contributed by atoms with Crippen LogP contribution in [0.15, 0.2) is 23.1 Å². The maximum Gasteiger partial charge on any atom is 0.405 e. The van der Waals surface area contributed by atoms with Gasteiger partial charge in [0.05, 0.1) is 11.1 Å². The second kappa shape index (κ2) is 5.52. The molecule has 0 radical (unpaired) electrons. The molecule has 1 aromatic carbocycles. The fourth-order valence-corrected chi connectivity index (χ4v) is 2.32. The number of hydrogen-bond acceptors (Lipinski definition) is 3. The molecule has 0 aliphatic rings. The van der Waals surface area contributed by atoms with Crippen LogP contribution in [0.4, 0.5) is 18.9 Å². The highest BCUT2D eigenvalue weighted by molar-refractivity contribution is 7.99. The maximum absolute atomic E-state index is 12.3. The minimum atomic E-state index is -4.52. The Hall–Kier alpha value is -1.06. The number of hydrogen-bond donors (Lipinski definition) is 1. The van der Waals surface area contributed by atoms with Gasteiger partial charge in [0, 0.05) is 16.3 Å². The van der Waals surface area contributed by atoms with Crippen LogP contribution in [0.3, 0.4) is 0 Å². The fourth-order valence-electron chi connectivity index (χ4n) is 1.01. The molecule has 2 N–H and O–H groups in total. The number of benzene rings is 1. The van der Waals surface area contributed by atoms with Gasteiger partial charge in [-0.3, -0.25) is 0 Å². The Balaban J connectivity index is 2.73. The second-order valence-corrected chi connectivity index (χ2v) is 4.69. The van der Waals surface area contributed by atoms with Gasteiger partial charge in [0.1, 0.15) is 0 Å². The molecular weight excluding hydrogens is 273 g/mol. The van der Waals surface area contributed by atoms with Gasteiger partial charge >= 0.3 is 6.18 Å². The van der Waals surface area contributed by atoms with Crippen molar-refractivity contribution in [2.45, 2.75) is 11.1 Å². The molecule has 0 spiro atoms. The van der Waals surface area contributed by atoms with Crippen LogP contribution in [-0.4, -0.2) is 11.9 Å². The molecule has 0 heterocycles. The van der Waals surface area contributed by atoms with Crippen LogP contribution in [0.25, 0.3) is 0 Å². The lowest BCUT2D eigenvalue weighted by molar-refractivity contribution is -0.152. The number of nitrogens with zero attached hydrogens (tertiary/aromatic N) is 1. The van der Waals surface area contributed by atoms with Crippen molar-refractivity contribution in [1.82, 2.24) is 0 Å². The van der Waals surface area contributed by atoms with Crippen LogP contribution in [0.1, 0.15) is 0 Å². The van der Waals surface area contributed by atoms with Gasteiger partial charge in [-0.25, -0.2) is 0 Å². The molecule has 1 unspecified atom stereocenters. The highest BCUT2D eigenvalue weighted by Gasteiger charge is 2.39. The van der Waals surface area contributed by atoms with Gasteiger partial charge in [0.15, 0.2) is 5.92 Å². The van der Waals surface area contributed by atoms with Crippen molar-refractivity contribution < 1.29 is 13.2 Å². The SMILES string of the molecule is N#CC(CSc1cc(N)ccc1Cl)C(F)(F)F. The van der Waals surface area contributed by atoms with Gasteiger partial charge in [-0.15, -0.1) is 11.8 Å². The average molecular weight is 281 g/mol. The molecule has 0 bridgehead atoms. The molecule has 1 aromatic rings. The quantitative estimate of drug-likeness (QED) is 0.678. The summed E-state index contributed by atoms with van der Waals surface area (Å²) in [7, 11) is 0. The average Bonchev–Trinajstić information content (AvgIpc) is 2.22. The van der Waals surface area contributed by atoms with Crippen molar-refractivity contribution in [3.05, 3.63) is 23.2 Å². The minimum Gasteiger partial charge on any atom is -0.399 e. The zero-order chi connectivity index (χ0) is 13.1. The van der Waals surface area contributed by atoms with Crippen LogP contribution in [-0.2, 0) is 0 Å². The summed E-state index contributed by atoms with van der Waals surface area (Å²) in [5, 5.41) is 8.74. The molecule has 1 rings (SSSR count).